The number of aromatic nitrogens is 1. The van der Waals surface area contributed by atoms with Gasteiger partial charge in [-0.05, 0) is 29.7 Å². The molecule has 26 heavy (non-hydrogen) atoms. The SMILES string of the molecule is COc1ccc2nc(NC(=O)COc3cccc4ccccc34)sc2c1. The number of fused-ring (bicyclic) bond motifs is 2. The molecule has 0 radical (unpaired) electrons. The Hall–Kier alpha value is -3.12. The van der Waals surface area contributed by atoms with E-state index in [1.54, 1.807) is 7.11 Å². The van der Waals surface area contributed by atoms with Crippen molar-refractivity contribution in [1.29, 1.82) is 0 Å². The average molecular weight is 364 g/mol. The summed E-state index contributed by atoms with van der Waals surface area (Å²) in [6, 6.07) is 19.3. The Morgan fingerprint density at radius 2 is 1.96 bits per heavy atom. The van der Waals surface area contributed by atoms with Gasteiger partial charge in [-0.1, -0.05) is 47.7 Å². The number of methoxy groups -OCH3 is 1. The normalized spacial score (nSPS) is 10.8. The van der Waals surface area contributed by atoms with E-state index in [1.165, 1.54) is 11.3 Å². The van der Waals surface area contributed by atoms with Gasteiger partial charge in [0.15, 0.2) is 11.7 Å². The van der Waals surface area contributed by atoms with Crippen molar-refractivity contribution in [3.05, 3.63) is 60.7 Å². The second-order valence-corrected chi connectivity index (χ2v) is 6.70. The molecule has 1 heterocycles. The van der Waals surface area contributed by atoms with Crippen LogP contribution in [0.3, 0.4) is 0 Å². The average Bonchev–Trinajstić information content (AvgIpc) is 3.07. The highest BCUT2D eigenvalue weighted by Crippen LogP contribution is 2.29. The second kappa shape index (κ2) is 7.01. The van der Waals surface area contributed by atoms with Crippen molar-refractivity contribution < 1.29 is 14.3 Å². The Balaban J connectivity index is 1.45. The van der Waals surface area contributed by atoms with Gasteiger partial charge < -0.3 is 9.47 Å². The van der Waals surface area contributed by atoms with Crippen LogP contribution in [0.5, 0.6) is 11.5 Å². The van der Waals surface area contributed by atoms with E-state index < -0.39 is 0 Å². The third-order valence-corrected chi connectivity index (χ3v) is 4.88. The maximum Gasteiger partial charge on any atom is 0.264 e. The van der Waals surface area contributed by atoms with E-state index >= 15 is 0 Å². The largest absolute Gasteiger partial charge is 0.497 e. The van der Waals surface area contributed by atoms with Crippen LogP contribution in [0.2, 0.25) is 0 Å². The third-order valence-electron chi connectivity index (χ3n) is 3.95. The van der Waals surface area contributed by atoms with E-state index in [0.29, 0.717) is 10.9 Å². The molecule has 0 aliphatic heterocycles. The van der Waals surface area contributed by atoms with Crippen molar-refractivity contribution in [2.45, 2.75) is 0 Å². The van der Waals surface area contributed by atoms with Gasteiger partial charge in [-0.15, -0.1) is 0 Å². The van der Waals surface area contributed by atoms with Gasteiger partial charge in [0.05, 0.1) is 17.3 Å². The number of nitrogens with zero attached hydrogens (tertiary/aromatic N) is 1. The molecule has 4 aromatic rings. The maximum atomic E-state index is 12.2. The lowest BCUT2D eigenvalue weighted by Gasteiger charge is -2.08. The first-order valence-corrected chi connectivity index (χ1v) is 8.89. The van der Waals surface area contributed by atoms with Crippen LogP contribution >= 0.6 is 11.3 Å². The molecule has 1 aromatic heterocycles. The van der Waals surface area contributed by atoms with Gasteiger partial charge in [0, 0.05) is 5.39 Å². The molecule has 0 saturated heterocycles. The first-order chi connectivity index (χ1) is 12.7. The fourth-order valence-electron chi connectivity index (χ4n) is 2.71. The zero-order valence-electron chi connectivity index (χ0n) is 14.1. The molecule has 1 amide bonds. The smallest absolute Gasteiger partial charge is 0.264 e. The van der Waals surface area contributed by atoms with Crippen LogP contribution < -0.4 is 14.8 Å². The number of thiazole rings is 1. The minimum Gasteiger partial charge on any atom is -0.497 e. The number of anilines is 1. The number of carbonyl (C=O) groups is 1. The number of nitrogens with one attached hydrogen (secondary N) is 1. The Kier molecular flexibility index (Phi) is 4.41. The Morgan fingerprint density at radius 3 is 2.85 bits per heavy atom. The summed E-state index contributed by atoms with van der Waals surface area (Å²) in [4.78, 5) is 16.6. The quantitative estimate of drug-likeness (QED) is 0.567. The highest BCUT2D eigenvalue weighted by atomic mass is 32.1. The minimum absolute atomic E-state index is 0.0761. The van der Waals surface area contributed by atoms with Gasteiger partial charge in [-0.3, -0.25) is 10.1 Å². The van der Waals surface area contributed by atoms with Crippen LogP contribution in [0.15, 0.2) is 60.7 Å². The monoisotopic (exact) mass is 364 g/mol. The molecule has 0 aliphatic rings. The van der Waals surface area contributed by atoms with E-state index in [0.717, 1.165) is 26.7 Å². The van der Waals surface area contributed by atoms with Crippen LogP contribution in [0.1, 0.15) is 0 Å². The van der Waals surface area contributed by atoms with Crippen LogP contribution in [0.4, 0.5) is 5.13 Å². The number of hydrogen-bond donors (Lipinski definition) is 1. The zero-order valence-corrected chi connectivity index (χ0v) is 14.9. The molecular formula is C20H16N2O3S. The summed E-state index contributed by atoms with van der Waals surface area (Å²) in [6.07, 6.45) is 0. The first kappa shape index (κ1) is 16.4. The van der Waals surface area contributed by atoms with Crippen molar-refractivity contribution in [1.82, 2.24) is 4.98 Å². The summed E-state index contributed by atoms with van der Waals surface area (Å²) in [6.45, 7) is -0.0761. The predicted octanol–water partition coefficient (Wildman–Crippen LogP) is 4.48. The number of ether oxygens (including phenoxy) is 2. The Bertz CT molecular complexity index is 1090. The van der Waals surface area contributed by atoms with E-state index in [9.17, 15) is 4.79 Å². The summed E-state index contributed by atoms with van der Waals surface area (Å²) in [5.74, 6) is 1.20. The number of carbonyl (C=O) groups excluding carboxylic acids is 1. The molecule has 6 heteroatoms. The summed E-state index contributed by atoms with van der Waals surface area (Å²) in [5.41, 5.74) is 0.820. The molecule has 130 valence electrons. The number of amides is 1. The second-order valence-electron chi connectivity index (χ2n) is 5.67. The summed E-state index contributed by atoms with van der Waals surface area (Å²) in [5, 5.41) is 5.39. The Labute approximate surface area is 154 Å². The lowest BCUT2D eigenvalue weighted by molar-refractivity contribution is -0.118. The van der Waals surface area contributed by atoms with E-state index in [1.807, 2.05) is 60.7 Å². The van der Waals surface area contributed by atoms with Gasteiger partial charge in [-0.25, -0.2) is 4.98 Å². The topological polar surface area (TPSA) is 60.5 Å². The van der Waals surface area contributed by atoms with Crippen molar-refractivity contribution in [2.75, 3.05) is 19.0 Å². The fourth-order valence-corrected chi connectivity index (χ4v) is 3.62. The molecule has 0 spiro atoms. The first-order valence-electron chi connectivity index (χ1n) is 8.08. The number of benzene rings is 3. The van der Waals surface area contributed by atoms with Crippen LogP contribution in [0.25, 0.3) is 21.0 Å². The standard InChI is InChI=1S/C20H16N2O3S/c1-24-14-9-10-16-18(11-14)26-20(21-16)22-19(23)12-25-17-8-4-6-13-5-2-3-7-15(13)17/h2-11H,12H2,1H3,(H,21,22,23). The lowest BCUT2D eigenvalue weighted by Crippen LogP contribution is -2.20. The predicted molar refractivity (Wildman–Crippen MR) is 104 cm³/mol. The fraction of sp³-hybridized carbons (Fsp3) is 0.100. The number of rotatable bonds is 5. The number of hydrogen-bond acceptors (Lipinski definition) is 5. The van der Waals surface area contributed by atoms with Gasteiger partial charge in [-0.2, -0.15) is 0 Å². The maximum absolute atomic E-state index is 12.2. The summed E-state index contributed by atoms with van der Waals surface area (Å²) < 4.78 is 11.9. The molecule has 5 nitrogen and oxygen atoms in total. The molecule has 1 N–H and O–H groups in total. The molecule has 0 saturated carbocycles. The van der Waals surface area contributed by atoms with Crippen LogP contribution in [-0.2, 0) is 4.79 Å². The van der Waals surface area contributed by atoms with E-state index in [4.69, 9.17) is 9.47 Å². The molecule has 0 bridgehead atoms. The van der Waals surface area contributed by atoms with Gasteiger partial charge >= 0.3 is 0 Å². The van der Waals surface area contributed by atoms with E-state index in [2.05, 4.69) is 10.3 Å². The molecule has 0 atom stereocenters. The minimum atomic E-state index is -0.246. The third kappa shape index (κ3) is 3.32. The zero-order chi connectivity index (χ0) is 17.9. The van der Waals surface area contributed by atoms with Gasteiger partial charge in [0.2, 0.25) is 0 Å². The molecule has 3 aromatic carbocycles. The molecule has 0 unspecified atom stereocenters. The van der Waals surface area contributed by atoms with E-state index in [-0.39, 0.29) is 12.5 Å². The van der Waals surface area contributed by atoms with Crippen LogP contribution in [-0.4, -0.2) is 24.6 Å². The summed E-state index contributed by atoms with van der Waals surface area (Å²) >= 11 is 1.40. The molecule has 0 aliphatic carbocycles. The van der Waals surface area contributed by atoms with Crippen molar-refractivity contribution in [3.8, 4) is 11.5 Å². The lowest BCUT2D eigenvalue weighted by atomic mass is 10.1. The highest BCUT2D eigenvalue weighted by Gasteiger charge is 2.10. The molecule has 0 fully saturated rings. The molecular weight excluding hydrogens is 348 g/mol. The van der Waals surface area contributed by atoms with Crippen molar-refractivity contribution in [2.24, 2.45) is 0 Å². The van der Waals surface area contributed by atoms with Crippen molar-refractivity contribution >= 4 is 43.4 Å². The molecule has 4 rings (SSSR count). The Morgan fingerprint density at radius 1 is 1.12 bits per heavy atom. The van der Waals surface area contributed by atoms with Gasteiger partial charge in [0.25, 0.3) is 5.91 Å². The van der Waals surface area contributed by atoms with Crippen molar-refractivity contribution in [3.63, 3.8) is 0 Å². The van der Waals surface area contributed by atoms with Gasteiger partial charge in [0.1, 0.15) is 11.5 Å². The summed E-state index contributed by atoms with van der Waals surface area (Å²) in [7, 11) is 1.62. The highest BCUT2D eigenvalue weighted by molar-refractivity contribution is 7.22. The van der Waals surface area contributed by atoms with Crippen LogP contribution in [0, 0.1) is 0 Å².